The van der Waals surface area contributed by atoms with E-state index in [0.717, 1.165) is 44.4 Å². The van der Waals surface area contributed by atoms with Crippen molar-refractivity contribution in [2.75, 3.05) is 0 Å². The van der Waals surface area contributed by atoms with Crippen LogP contribution in [0.2, 0.25) is 0 Å². The maximum absolute atomic E-state index is 5.66. The lowest BCUT2D eigenvalue weighted by atomic mass is 9.98. The SMILES string of the molecule is c1ccc(-n2c3ccccc3c3cc(-c4nc(-n5c6ccccc6c6c7ccccc7c7c8cccc9c%10ccccc%10n(c98)c7c65)nc5ccccc45)ccc32)cc1. The van der Waals surface area contributed by atoms with Gasteiger partial charge in [0.15, 0.2) is 0 Å². The topological polar surface area (TPSA) is 40.0 Å². The van der Waals surface area contributed by atoms with E-state index in [-0.39, 0.29) is 0 Å². The first-order chi connectivity index (χ1) is 29.3. The molecule has 0 aliphatic carbocycles. The van der Waals surface area contributed by atoms with Gasteiger partial charge >= 0.3 is 0 Å². The van der Waals surface area contributed by atoms with Gasteiger partial charge in [-0.3, -0.25) is 4.57 Å². The molecule has 9 aromatic carbocycles. The van der Waals surface area contributed by atoms with Crippen molar-refractivity contribution >= 4 is 103 Å². The molecule has 0 fully saturated rings. The van der Waals surface area contributed by atoms with Gasteiger partial charge in [-0.1, -0.05) is 140 Å². The summed E-state index contributed by atoms with van der Waals surface area (Å²) < 4.78 is 7.22. The molecule has 0 saturated carbocycles. The fraction of sp³-hybridized carbons (Fsp3) is 0. The highest BCUT2D eigenvalue weighted by Gasteiger charge is 2.27. The van der Waals surface area contributed by atoms with Gasteiger partial charge in [0.1, 0.15) is 0 Å². The fourth-order valence-electron chi connectivity index (χ4n) is 10.4. The Morgan fingerprint density at radius 2 is 0.881 bits per heavy atom. The van der Waals surface area contributed by atoms with Gasteiger partial charge in [-0.2, -0.15) is 0 Å². The van der Waals surface area contributed by atoms with Crippen LogP contribution in [-0.4, -0.2) is 23.5 Å². The number of rotatable bonds is 3. The Labute approximate surface area is 336 Å². The van der Waals surface area contributed by atoms with Gasteiger partial charge in [-0.05, 0) is 59.3 Å². The van der Waals surface area contributed by atoms with E-state index in [1.54, 1.807) is 0 Å². The molecule has 0 atom stereocenters. The van der Waals surface area contributed by atoms with E-state index in [9.17, 15) is 0 Å². The third-order valence-electron chi connectivity index (χ3n) is 12.7. The van der Waals surface area contributed by atoms with Crippen LogP contribution < -0.4 is 0 Å². The molecule has 5 heterocycles. The zero-order chi connectivity index (χ0) is 38.3. The zero-order valence-corrected chi connectivity index (χ0v) is 31.6. The Bertz CT molecular complexity index is 4070. The Morgan fingerprint density at radius 1 is 0.322 bits per heavy atom. The maximum atomic E-state index is 5.66. The molecule has 0 amide bonds. The fourth-order valence-corrected chi connectivity index (χ4v) is 10.4. The summed E-state index contributed by atoms with van der Waals surface area (Å²) in [5.74, 6) is 0.651. The average molecular weight is 750 g/mol. The van der Waals surface area contributed by atoms with Gasteiger partial charge in [0.05, 0.1) is 49.8 Å². The highest BCUT2D eigenvalue weighted by atomic mass is 15.2. The van der Waals surface area contributed by atoms with Crippen LogP contribution in [0.15, 0.2) is 188 Å². The Morgan fingerprint density at radius 3 is 1.66 bits per heavy atom. The smallest absolute Gasteiger partial charge is 0.235 e. The van der Waals surface area contributed by atoms with E-state index in [2.05, 4.69) is 202 Å². The molecule has 5 heteroatoms. The Balaban J connectivity index is 1.15. The summed E-state index contributed by atoms with van der Waals surface area (Å²) in [5.41, 5.74) is 12.2. The minimum Gasteiger partial charge on any atom is -0.309 e. The third kappa shape index (κ3) is 3.98. The summed E-state index contributed by atoms with van der Waals surface area (Å²) in [6.07, 6.45) is 0. The normalized spacial score (nSPS) is 12.4. The minimum atomic E-state index is 0.651. The van der Waals surface area contributed by atoms with Gasteiger partial charge in [0.25, 0.3) is 0 Å². The predicted molar refractivity (Wildman–Crippen MR) is 246 cm³/mol. The number of hydrogen-bond acceptors (Lipinski definition) is 2. The Hall–Kier alpha value is -8.02. The Kier molecular flexibility index (Phi) is 5.96. The van der Waals surface area contributed by atoms with E-state index in [4.69, 9.17) is 9.97 Å². The van der Waals surface area contributed by atoms with E-state index in [1.807, 2.05) is 0 Å². The summed E-state index contributed by atoms with van der Waals surface area (Å²) in [4.78, 5) is 11.1. The van der Waals surface area contributed by atoms with Crippen molar-refractivity contribution < 1.29 is 0 Å². The number of hydrogen-bond donors (Lipinski definition) is 0. The van der Waals surface area contributed by atoms with E-state index >= 15 is 0 Å². The number of fused-ring (bicyclic) bond motifs is 17. The van der Waals surface area contributed by atoms with Gasteiger partial charge in [-0.25, -0.2) is 9.97 Å². The lowest BCUT2D eigenvalue weighted by Gasteiger charge is -2.13. The van der Waals surface area contributed by atoms with Gasteiger partial charge < -0.3 is 8.97 Å². The molecule has 0 aliphatic heterocycles. The van der Waals surface area contributed by atoms with Crippen molar-refractivity contribution in [3.63, 3.8) is 0 Å². The predicted octanol–water partition coefficient (Wildman–Crippen LogP) is 13.8. The van der Waals surface area contributed by atoms with Gasteiger partial charge in [0, 0.05) is 59.7 Å². The summed E-state index contributed by atoms with van der Waals surface area (Å²) in [6, 6.07) is 67.9. The molecule has 0 bridgehead atoms. The van der Waals surface area contributed by atoms with Crippen molar-refractivity contribution in [2.45, 2.75) is 0 Å². The zero-order valence-electron chi connectivity index (χ0n) is 31.6. The second kappa shape index (κ2) is 11.3. The van der Waals surface area contributed by atoms with Crippen LogP contribution in [0, 0.1) is 0 Å². The first-order valence-corrected chi connectivity index (χ1v) is 20.2. The maximum Gasteiger partial charge on any atom is 0.235 e. The van der Waals surface area contributed by atoms with Crippen LogP contribution in [0.4, 0.5) is 0 Å². The number of benzene rings is 9. The van der Waals surface area contributed by atoms with E-state index < -0.39 is 0 Å². The second-order valence-electron chi connectivity index (χ2n) is 15.7. The first kappa shape index (κ1) is 31.1. The molecule has 0 aliphatic rings. The molecule has 59 heavy (non-hydrogen) atoms. The molecule has 5 nitrogen and oxygen atoms in total. The summed E-state index contributed by atoms with van der Waals surface area (Å²) >= 11 is 0. The monoisotopic (exact) mass is 749 g/mol. The third-order valence-corrected chi connectivity index (χ3v) is 12.7. The highest BCUT2D eigenvalue weighted by molar-refractivity contribution is 6.38. The molecule has 0 radical (unpaired) electrons. The molecule has 0 saturated heterocycles. The van der Waals surface area contributed by atoms with Crippen LogP contribution in [0.5, 0.6) is 0 Å². The van der Waals surface area contributed by atoms with E-state index in [0.29, 0.717) is 5.95 Å². The lowest BCUT2D eigenvalue weighted by molar-refractivity contribution is 1.01. The number of nitrogens with zero attached hydrogens (tertiary/aromatic N) is 5. The van der Waals surface area contributed by atoms with Crippen molar-refractivity contribution in [3.05, 3.63) is 188 Å². The molecule has 5 aromatic heterocycles. The van der Waals surface area contributed by atoms with Crippen molar-refractivity contribution in [3.8, 4) is 22.9 Å². The quantitative estimate of drug-likeness (QED) is 0.180. The molecule has 0 spiro atoms. The molecular weight excluding hydrogens is 719 g/mol. The van der Waals surface area contributed by atoms with Crippen LogP contribution in [-0.2, 0) is 0 Å². The molecule has 14 aromatic rings. The summed E-state index contributed by atoms with van der Waals surface area (Å²) in [6.45, 7) is 0. The molecular formula is C54H31N5. The standard InChI is InChI=1S/C54H31N5/c1-2-15-33(16-3-1)57-44-26-11-8-18-35(44)42-31-32(29-30-47(42)57)50-39-21-6-10-25-43(39)55-54(56-50)59-46-28-13-9-22-40(46)48-36-19-4-5-20-37(36)49-41-24-14-23-38-34-17-7-12-27-45(34)58(51(38)41)52(49)53(48)59/h1-31H. The number of aromatic nitrogens is 5. The van der Waals surface area contributed by atoms with Crippen LogP contribution in [0.3, 0.4) is 0 Å². The van der Waals surface area contributed by atoms with Gasteiger partial charge in [-0.15, -0.1) is 0 Å². The van der Waals surface area contributed by atoms with Crippen LogP contribution in [0.25, 0.3) is 126 Å². The summed E-state index contributed by atoms with van der Waals surface area (Å²) in [7, 11) is 0. The first-order valence-electron chi connectivity index (χ1n) is 20.2. The van der Waals surface area contributed by atoms with Gasteiger partial charge in [0.2, 0.25) is 5.95 Å². The van der Waals surface area contributed by atoms with Crippen molar-refractivity contribution in [2.24, 2.45) is 0 Å². The van der Waals surface area contributed by atoms with Crippen LogP contribution >= 0.6 is 0 Å². The largest absolute Gasteiger partial charge is 0.309 e. The van der Waals surface area contributed by atoms with Crippen molar-refractivity contribution in [1.29, 1.82) is 0 Å². The average Bonchev–Trinajstić information content (AvgIpc) is 4.04. The minimum absolute atomic E-state index is 0.651. The highest BCUT2D eigenvalue weighted by Crippen LogP contribution is 2.48. The van der Waals surface area contributed by atoms with Crippen molar-refractivity contribution in [1.82, 2.24) is 23.5 Å². The molecule has 0 N–H and O–H groups in total. The lowest BCUT2D eigenvalue weighted by Crippen LogP contribution is -2.04. The van der Waals surface area contributed by atoms with E-state index in [1.165, 1.54) is 75.9 Å². The molecule has 14 rings (SSSR count). The number of para-hydroxylation sites is 6. The summed E-state index contributed by atoms with van der Waals surface area (Å²) in [5, 5.41) is 13.3. The molecule has 0 unspecified atom stereocenters. The van der Waals surface area contributed by atoms with Crippen LogP contribution in [0.1, 0.15) is 0 Å². The second-order valence-corrected chi connectivity index (χ2v) is 15.7. The molecule has 272 valence electrons.